The molecule has 0 saturated heterocycles. The Bertz CT molecular complexity index is 491. The lowest BCUT2D eigenvalue weighted by Gasteiger charge is -2.20. The highest BCUT2D eigenvalue weighted by atomic mass is 14.8. The second-order valence-electron chi connectivity index (χ2n) is 7.63. The SMILES string of the molecule is C=C/C(C1=NC(C)C=C(C)C=C1)=C(\C)CC(C)(C)C.CCCC. The molecule has 1 rings (SSSR count). The molecule has 130 valence electrons. The van der Waals surface area contributed by atoms with E-state index in [1.807, 2.05) is 6.08 Å². The first-order chi connectivity index (χ1) is 10.6. The summed E-state index contributed by atoms with van der Waals surface area (Å²) in [6.45, 7) is 21.5. The predicted octanol–water partition coefficient (Wildman–Crippen LogP) is 7.08. The van der Waals surface area contributed by atoms with Crippen molar-refractivity contribution in [2.24, 2.45) is 10.4 Å². The third-order valence-electron chi connectivity index (χ3n) is 3.59. The molecule has 0 N–H and O–H groups in total. The van der Waals surface area contributed by atoms with Gasteiger partial charge < -0.3 is 0 Å². The highest BCUT2D eigenvalue weighted by Gasteiger charge is 2.15. The number of rotatable bonds is 4. The van der Waals surface area contributed by atoms with Crippen molar-refractivity contribution in [2.75, 3.05) is 0 Å². The lowest BCUT2D eigenvalue weighted by atomic mass is 9.86. The molecule has 23 heavy (non-hydrogen) atoms. The number of unbranched alkanes of at least 4 members (excludes halogenated alkanes) is 1. The van der Waals surface area contributed by atoms with Crippen LogP contribution in [0.3, 0.4) is 0 Å². The molecule has 1 aliphatic rings. The number of hydrogen-bond donors (Lipinski definition) is 0. The summed E-state index contributed by atoms with van der Waals surface area (Å²) in [6.07, 6.45) is 12.1. The Morgan fingerprint density at radius 2 is 1.78 bits per heavy atom. The van der Waals surface area contributed by atoms with Crippen LogP contribution in [0.2, 0.25) is 0 Å². The third-order valence-corrected chi connectivity index (χ3v) is 3.59. The van der Waals surface area contributed by atoms with Gasteiger partial charge in [0, 0.05) is 0 Å². The molecule has 0 bridgehead atoms. The molecule has 0 aromatic heterocycles. The molecule has 1 heteroatoms. The first-order valence-corrected chi connectivity index (χ1v) is 8.91. The molecule has 0 saturated carbocycles. The standard InChI is InChI=1S/C18H27N.C4H10/c1-8-16(14(3)12-18(5,6)7)17-10-9-13(2)11-15(4)19-17;1-3-4-2/h8-11,15H,1,12H2,2-7H3;3-4H2,1-2H3/b16-14-;. The van der Waals surface area contributed by atoms with Crippen molar-refractivity contribution in [3.63, 3.8) is 0 Å². The van der Waals surface area contributed by atoms with Crippen LogP contribution in [0.1, 0.15) is 74.7 Å². The van der Waals surface area contributed by atoms with Crippen molar-refractivity contribution in [3.8, 4) is 0 Å². The molecule has 0 aromatic carbocycles. The van der Waals surface area contributed by atoms with E-state index in [1.165, 1.54) is 29.6 Å². The first-order valence-electron chi connectivity index (χ1n) is 8.91. The average molecular weight is 316 g/mol. The minimum atomic E-state index is 0.224. The summed E-state index contributed by atoms with van der Waals surface area (Å²) in [7, 11) is 0. The molecule has 1 aliphatic heterocycles. The van der Waals surface area contributed by atoms with Gasteiger partial charge in [-0.15, -0.1) is 0 Å². The molecule has 0 amide bonds. The second kappa shape index (κ2) is 10.4. The topological polar surface area (TPSA) is 12.4 Å². The van der Waals surface area contributed by atoms with Gasteiger partial charge in [0.25, 0.3) is 0 Å². The van der Waals surface area contributed by atoms with E-state index in [0.717, 1.165) is 12.1 Å². The smallest absolute Gasteiger partial charge is 0.0664 e. The predicted molar refractivity (Wildman–Crippen MR) is 107 cm³/mol. The summed E-state index contributed by atoms with van der Waals surface area (Å²) >= 11 is 0. The molecule has 1 atom stereocenters. The van der Waals surface area contributed by atoms with E-state index in [0.29, 0.717) is 0 Å². The second-order valence-corrected chi connectivity index (χ2v) is 7.63. The maximum absolute atomic E-state index is 4.77. The molecule has 0 radical (unpaired) electrons. The van der Waals surface area contributed by atoms with Crippen LogP contribution in [0.4, 0.5) is 0 Å². The summed E-state index contributed by atoms with van der Waals surface area (Å²) < 4.78 is 0. The van der Waals surface area contributed by atoms with Crippen molar-refractivity contribution in [1.29, 1.82) is 0 Å². The number of nitrogens with zero attached hydrogens (tertiary/aromatic N) is 1. The molecule has 0 fully saturated rings. The molecule has 0 aromatic rings. The molecule has 1 unspecified atom stereocenters. The Labute approximate surface area is 145 Å². The zero-order valence-corrected chi connectivity index (χ0v) is 16.7. The van der Waals surface area contributed by atoms with Gasteiger partial charge in [0.2, 0.25) is 0 Å². The van der Waals surface area contributed by atoms with Gasteiger partial charge in [0.05, 0.1) is 11.8 Å². The number of allylic oxidation sites excluding steroid dienone is 6. The summed E-state index contributed by atoms with van der Waals surface area (Å²) in [6, 6.07) is 0.224. The van der Waals surface area contributed by atoms with E-state index in [9.17, 15) is 0 Å². The van der Waals surface area contributed by atoms with E-state index in [1.54, 1.807) is 0 Å². The van der Waals surface area contributed by atoms with Crippen LogP contribution >= 0.6 is 0 Å². The van der Waals surface area contributed by atoms with Gasteiger partial charge in [-0.1, -0.05) is 83.4 Å². The fourth-order valence-corrected chi connectivity index (χ4v) is 2.49. The van der Waals surface area contributed by atoms with Crippen molar-refractivity contribution in [1.82, 2.24) is 0 Å². The third kappa shape index (κ3) is 9.38. The Kier molecular flexibility index (Phi) is 9.79. The van der Waals surface area contributed by atoms with E-state index in [-0.39, 0.29) is 11.5 Å². The van der Waals surface area contributed by atoms with Gasteiger partial charge >= 0.3 is 0 Å². The van der Waals surface area contributed by atoms with Gasteiger partial charge in [-0.2, -0.15) is 0 Å². The van der Waals surface area contributed by atoms with Crippen LogP contribution in [0, 0.1) is 5.41 Å². The van der Waals surface area contributed by atoms with Crippen LogP contribution in [-0.2, 0) is 0 Å². The molecule has 1 nitrogen and oxygen atoms in total. The quantitative estimate of drug-likeness (QED) is 0.492. The van der Waals surface area contributed by atoms with Crippen molar-refractivity contribution in [3.05, 3.63) is 47.6 Å². The van der Waals surface area contributed by atoms with Crippen LogP contribution < -0.4 is 0 Å². The van der Waals surface area contributed by atoms with E-state index in [4.69, 9.17) is 4.99 Å². The summed E-state index contributed by atoms with van der Waals surface area (Å²) in [5, 5.41) is 0. The van der Waals surface area contributed by atoms with E-state index < -0.39 is 0 Å². The summed E-state index contributed by atoms with van der Waals surface area (Å²) in [5.74, 6) is 0. The lowest BCUT2D eigenvalue weighted by Crippen LogP contribution is -2.10. The van der Waals surface area contributed by atoms with Crippen molar-refractivity contribution in [2.45, 2.75) is 80.7 Å². The monoisotopic (exact) mass is 315 g/mol. The Hall–Kier alpha value is -1.37. The van der Waals surface area contributed by atoms with E-state index >= 15 is 0 Å². The lowest BCUT2D eigenvalue weighted by molar-refractivity contribution is 0.409. The van der Waals surface area contributed by atoms with Crippen molar-refractivity contribution >= 4 is 5.71 Å². The summed E-state index contributed by atoms with van der Waals surface area (Å²) in [5.41, 5.74) is 5.15. The highest BCUT2D eigenvalue weighted by molar-refractivity contribution is 6.11. The maximum atomic E-state index is 4.77. The maximum Gasteiger partial charge on any atom is 0.0664 e. The Balaban J connectivity index is 0.00000108. The molecular weight excluding hydrogens is 278 g/mol. The minimum absolute atomic E-state index is 0.224. The largest absolute Gasteiger partial charge is 0.278 e. The Morgan fingerprint density at radius 1 is 1.22 bits per heavy atom. The van der Waals surface area contributed by atoms with Gasteiger partial charge in [0.15, 0.2) is 0 Å². The molecule has 0 spiro atoms. The number of hydrogen-bond acceptors (Lipinski definition) is 1. The van der Waals surface area contributed by atoms with Crippen LogP contribution in [-0.4, -0.2) is 11.8 Å². The fourth-order valence-electron chi connectivity index (χ4n) is 2.49. The molecule has 1 heterocycles. The number of aliphatic imine (C=N–C) groups is 1. The van der Waals surface area contributed by atoms with Crippen LogP contribution in [0.15, 0.2) is 52.6 Å². The fraction of sp³-hybridized carbons (Fsp3) is 0.591. The first kappa shape index (κ1) is 21.6. The van der Waals surface area contributed by atoms with Crippen molar-refractivity contribution < 1.29 is 0 Å². The Morgan fingerprint density at radius 3 is 2.22 bits per heavy atom. The van der Waals surface area contributed by atoms with Crippen LogP contribution in [0.5, 0.6) is 0 Å². The van der Waals surface area contributed by atoms with E-state index in [2.05, 4.69) is 80.2 Å². The zero-order valence-electron chi connectivity index (χ0n) is 16.7. The van der Waals surface area contributed by atoms with Crippen LogP contribution in [0.25, 0.3) is 0 Å². The minimum Gasteiger partial charge on any atom is -0.278 e. The zero-order chi connectivity index (χ0) is 18.0. The summed E-state index contributed by atoms with van der Waals surface area (Å²) in [4.78, 5) is 4.77. The molecule has 0 aliphatic carbocycles. The van der Waals surface area contributed by atoms with Gasteiger partial charge in [-0.25, -0.2) is 0 Å². The average Bonchev–Trinajstić information content (AvgIpc) is 2.59. The van der Waals surface area contributed by atoms with Gasteiger partial charge in [0.1, 0.15) is 0 Å². The van der Waals surface area contributed by atoms with Gasteiger partial charge in [-0.05, 0) is 44.3 Å². The molecular formula is C22H37N. The normalized spacial score (nSPS) is 18.9. The highest BCUT2D eigenvalue weighted by Crippen LogP contribution is 2.27. The van der Waals surface area contributed by atoms with Gasteiger partial charge in [-0.3, -0.25) is 4.99 Å².